The molecular formula is C21H30N4O3. The first kappa shape index (κ1) is 20.3. The van der Waals surface area contributed by atoms with Gasteiger partial charge in [-0.15, -0.1) is 0 Å². The Morgan fingerprint density at radius 1 is 1.21 bits per heavy atom. The number of amides is 3. The number of fused-ring (bicyclic) bond motifs is 1. The molecule has 2 saturated heterocycles. The molecular weight excluding hydrogens is 356 g/mol. The standard InChI is InChI=1S/C21H30N4O3/c1-3-24(4-2)19(26)11-10-17-13-22-21(28)18-12-16(14-25(17)18)23-20(27)15-8-6-5-7-9-15/h5-9,16-18H,3-4,10-14H2,1-2H3,(H,22,28)(H,23,27). The van der Waals surface area contributed by atoms with Gasteiger partial charge in [-0.3, -0.25) is 19.3 Å². The van der Waals surface area contributed by atoms with Gasteiger partial charge in [0.05, 0.1) is 6.04 Å². The highest BCUT2D eigenvalue weighted by Crippen LogP contribution is 2.26. The Bertz CT molecular complexity index is 705. The molecule has 0 spiro atoms. The maximum atomic E-state index is 12.4. The number of nitrogens with zero attached hydrogens (tertiary/aromatic N) is 2. The van der Waals surface area contributed by atoms with Gasteiger partial charge in [0.1, 0.15) is 0 Å². The van der Waals surface area contributed by atoms with Crippen molar-refractivity contribution in [2.75, 3.05) is 26.2 Å². The van der Waals surface area contributed by atoms with E-state index in [1.54, 1.807) is 12.1 Å². The first-order valence-electron chi connectivity index (χ1n) is 10.2. The maximum Gasteiger partial charge on any atom is 0.251 e. The molecule has 0 aromatic heterocycles. The average Bonchev–Trinajstić information content (AvgIpc) is 3.13. The van der Waals surface area contributed by atoms with Crippen LogP contribution in [0.5, 0.6) is 0 Å². The van der Waals surface area contributed by atoms with Crippen LogP contribution in [-0.2, 0) is 9.59 Å². The fourth-order valence-corrected chi connectivity index (χ4v) is 4.23. The molecule has 3 rings (SSSR count). The second kappa shape index (κ2) is 9.19. The zero-order valence-electron chi connectivity index (χ0n) is 16.7. The van der Waals surface area contributed by atoms with E-state index in [0.29, 0.717) is 37.9 Å². The van der Waals surface area contributed by atoms with Crippen LogP contribution in [0.1, 0.15) is 43.5 Å². The number of hydrogen-bond acceptors (Lipinski definition) is 4. The normalized spacial score (nSPS) is 24.4. The predicted octanol–water partition coefficient (Wildman–Crippen LogP) is 1.01. The summed E-state index contributed by atoms with van der Waals surface area (Å²) >= 11 is 0. The largest absolute Gasteiger partial charge is 0.353 e. The molecule has 0 saturated carbocycles. The summed E-state index contributed by atoms with van der Waals surface area (Å²) in [6, 6.07) is 8.94. The minimum Gasteiger partial charge on any atom is -0.353 e. The van der Waals surface area contributed by atoms with Crippen LogP contribution in [0.25, 0.3) is 0 Å². The molecule has 2 N–H and O–H groups in total. The zero-order valence-corrected chi connectivity index (χ0v) is 16.7. The summed E-state index contributed by atoms with van der Waals surface area (Å²) < 4.78 is 0. The number of carbonyl (C=O) groups is 3. The van der Waals surface area contributed by atoms with E-state index in [2.05, 4.69) is 15.5 Å². The Kier molecular flexibility index (Phi) is 6.67. The fourth-order valence-electron chi connectivity index (χ4n) is 4.23. The molecule has 0 bridgehead atoms. The van der Waals surface area contributed by atoms with Gasteiger partial charge in [0, 0.05) is 50.2 Å². The van der Waals surface area contributed by atoms with E-state index in [1.807, 2.05) is 36.9 Å². The molecule has 7 nitrogen and oxygen atoms in total. The molecule has 3 atom stereocenters. The summed E-state index contributed by atoms with van der Waals surface area (Å²) in [4.78, 5) is 41.1. The van der Waals surface area contributed by atoms with Gasteiger partial charge in [-0.1, -0.05) is 18.2 Å². The smallest absolute Gasteiger partial charge is 0.251 e. The highest BCUT2D eigenvalue weighted by molar-refractivity contribution is 5.94. The molecule has 28 heavy (non-hydrogen) atoms. The van der Waals surface area contributed by atoms with Crippen LogP contribution in [-0.4, -0.2) is 71.8 Å². The van der Waals surface area contributed by atoms with Gasteiger partial charge in [0.15, 0.2) is 0 Å². The lowest BCUT2D eigenvalue weighted by Gasteiger charge is -2.37. The van der Waals surface area contributed by atoms with Crippen LogP contribution < -0.4 is 10.6 Å². The molecule has 2 fully saturated rings. The minimum atomic E-state index is -0.233. The van der Waals surface area contributed by atoms with Crippen molar-refractivity contribution < 1.29 is 14.4 Å². The molecule has 2 aliphatic heterocycles. The number of rotatable bonds is 7. The Morgan fingerprint density at radius 3 is 2.61 bits per heavy atom. The maximum absolute atomic E-state index is 12.4. The van der Waals surface area contributed by atoms with Crippen molar-refractivity contribution in [3.63, 3.8) is 0 Å². The van der Waals surface area contributed by atoms with Crippen LogP contribution in [0, 0.1) is 0 Å². The van der Waals surface area contributed by atoms with Crippen molar-refractivity contribution in [3.8, 4) is 0 Å². The van der Waals surface area contributed by atoms with Crippen LogP contribution >= 0.6 is 0 Å². The summed E-state index contributed by atoms with van der Waals surface area (Å²) in [5, 5.41) is 6.03. The van der Waals surface area contributed by atoms with Gasteiger partial charge in [-0.25, -0.2) is 0 Å². The Balaban J connectivity index is 1.59. The molecule has 152 valence electrons. The number of piperazine rings is 1. The third-order valence-electron chi connectivity index (χ3n) is 5.80. The number of hydrogen-bond donors (Lipinski definition) is 2. The van der Waals surface area contributed by atoms with Crippen LogP contribution in [0.15, 0.2) is 30.3 Å². The number of benzene rings is 1. The van der Waals surface area contributed by atoms with Crippen LogP contribution in [0.2, 0.25) is 0 Å². The Labute approximate surface area is 166 Å². The van der Waals surface area contributed by atoms with Gasteiger partial charge < -0.3 is 15.5 Å². The quantitative estimate of drug-likeness (QED) is 0.733. The van der Waals surface area contributed by atoms with E-state index in [0.717, 1.165) is 13.1 Å². The second-order valence-electron chi connectivity index (χ2n) is 7.49. The SMILES string of the molecule is CCN(CC)C(=O)CCC1CNC(=O)C2CC(NC(=O)c3ccccc3)CN12. The van der Waals surface area contributed by atoms with Gasteiger partial charge in [0.25, 0.3) is 5.91 Å². The summed E-state index contributed by atoms with van der Waals surface area (Å²) in [5.74, 6) is 0.0634. The topological polar surface area (TPSA) is 81.8 Å². The van der Waals surface area contributed by atoms with E-state index in [9.17, 15) is 14.4 Å². The molecule has 7 heteroatoms. The zero-order chi connectivity index (χ0) is 20.1. The molecule has 3 unspecified atom stereocenters. The minimum absolute atomic E-state index is 0.0165. The van der Waals surface area contributed by atoms with E-state index < -0.39 is 0 Å². The predicted molar refractivity (Wildman–Crippen MR) is 107 cm³/mol. The van der Waals surface area contributed by atoms with E-state index in [1.165, 1.54) is 0 Å². The molecule has 1 aromatic rings. The summed E-state index contributed by atoms with van der Waals surface area (Å²) in [6.45, 7) is 6.60. The second-order valence-corrected chi connectivity index (χ2v) is 7.49. The van der Waals surface area contributed by atoms with Crippen LogP contribution in [0.4, 0.5) is 0 Å². The summed E-state index contributed by atoms with van der Waals surface area (Å²) in [7, 11) is 0. The monoisotopic (exact) mass is 386 g/mol. The van der Waals surface area contributed by atoms with E-state index in [-0.39, 0.29) is 35.8 Å². The number of nitrogens with one attached hydrogen (secondary N) is 2. The molecule has 2 aliphatic rings. The highest BCUT2D eigenvalue weighted by Gasteiger charge is 2.43. The highest BCUT2D eigenvalue weighted by atomic mass is 16.2. The van der Waals surface area contributed by atoms with E-state index in [4.69, 9.17) is 0 Å². The van der Waals surface area contributed by atoms with Gasteiger partial charge >= 0.3 is 0 Å². The lowest BCUT2D eigenvalue weighted by molar-refractivity contribution is -0.132. The average molecular weight is 386 g/mol. The Morgan fingerprint density at radius 2 is 1.93 bits per heavy atom. The van der Waals surface area contributed by atoms with Crippen molar-refractivity contribution in [1.29, 1.82) is 0 Å². The van der Waals surface area contributed by atoms with Crippen molar-refractivity contribution in [2.45, 2.75) is 51.2 Å². The third kappa shape index (κ3) is 4.52. The van der Waals surface area contributed by atoms with E-state index >= 15 is 0 Å². The summed E-state index contributed by atoms with van der Waals surface area (Å²) in [6.07, 6.45) is 1.79. The van der Waals surface area contributed by atoms with Gasteiger partial charge in [0.2, 0.25) is 11.8 Å². The lowest BCUT2D eigenvalue weighted by atomic mass is 10.0. The fraction of sp³-hybridized carbons (Fsp3) is 0.571. The molecule has 0 radical (unpaired) electrons. The molecule has 0 aliphatic carbocycles. The lowest BCUT2D eigenvalue weighted by Crippen LogP contribution is -2.58. The first-order valence-corrected chi connectivity index (χ1v) is 10.2. The van der Waals surface area contributed by atoms with Gasteiger partial charge in [-0.2, -0.15) is 0 Å². The van der Waals surface area contributed by atoms with Crippen molar-refractivity contribution in [2.24, 2.45) is 0 Å². The van der Waals surface area contributed by atoms with Crippen molar-refractivity contribution in [3.05, 3.63) is 35.9 Å². The molecule has 2 heterocycles. The number of carbonyl (C=O) groups excluding carboxylic acids is 3. The van der Waals surface area contributed by atoms with Crippen molar-refractivity contribution in [1.82, 2.24) is 20.4 Å². The summed E-state index contributed by atoms with van der Waals surface area (Å²) in [5.41, 5.74) is 0.623. The molecule has 3 amide bonds. The Hall–Kier alpha value is -2.41. The molecule has 1 aromatic carbocycles. The first-order chi connectivity index (χ1) is 13.5. The van der Waals surface area contributed by atoms with Crippen molar-refractivity contribution >= 4 is 17.7 Å². The third-order valence-corrected chi connectivity index (χ3v) is 5.80. The van der Waals surface area contributed by atoms with Gasteiger partial charge in [-0.05, 0) is 38.8 Å². The van der Waals surface area contributed by atoms with Crippen LogP contribution in [0.3, 0.4) is 0 Å².